The normalized spacial score (nSPS) is 11.2. The molecule has 1 rings (SSSR count). The lowest BCUT2D eigenvalue weighted by Gasteiger charge is -2.08. The van der Waals surface area contributed by atoms with Crippen LogP contribution < -0.4 is 5.32 Å². The molecule has 0 spiro atoms. The van der Waals surface area contributed by atoms with E-state index in [1.807, 2.05) is 26.8 Å². The van der Waals surface area contributed by atoms with Gasteiger partial charge < -0.3 is 5.32 Å². The van der Waals surface area contributed by atoms with Crippen LogP contribution in [0.25, 0.3) is 0 Å². The van der Waals surface area contributed by atoms with Crippen molar-refractivity contribution < 1.29 is 4.79 Å². The Kier molecular flexibility index (Phi) is 4.10. The van der Waals surface area contributed by atoms with Crippen molar-refractivity contribution in [3.63, 3.8) is 0 Å². The number of carbonyl (C=O) groups excluding carboxylic acids is 1. The number of nitrogens with one attached hydrogen (secondary N) is 1. The molecule has 1 heterocycles. The van der Waals surface area contributed by atoms with E-state index >= 15 is 0 Å². The summed E-state index contributed by atoms with van der Waals surface area (Å²) in [6.45, 7) is 10.8. The number of aryl methyl sites for hydroxylation is 1. The predicted octanol–water partition coefficient (Wildman–Crippen LogP) is 2.16. The summed E-state index contributed by atoms with van der Waals surface area (Å²) in [7, 11) is 0. The molecule has 1 aromatic heterocycles. The second-order valence-corrected chi connectivity index (χ2v) is 4.55. The maximum atomic E-state index is 11.9. The lowest BCUT2D eigenvalue weighted by Crippen LogP contribution is -2.31. The van der Waals surface area contributed by atoms with Gasteiger partial charge in [-0.25, -0.2) is 0 Å². The first-order chi connectivity index (χ1) is 7.45. The monoisotopic (exact) mass is 223 g/mol. The minimum absolute atomic E-state index is 0.0451. The standard InChI is InChI=1S/C12H21N3O/c1-6-15-11(12(16)13-9(4)5)7-10(14-15)8(2)3/h7-9H,6H2,1-5H3,(H,13,16). The quantitative estimate of drug-likeness (QED) is 0.850. The lowest BCUT2D eigenvalue weighted by molar-refractivity contribution is 0.0932. The van der Waals surface area contributed by atoms with Crippen LogP contribution >= 0.6 is 0 Å². The van der Waals surface area contributed by atoms with Crippen LogP contribution in [0, 0.1) is 0 Å². The molecule has 1 aromatic rings. The van der Waals surface area contributed by atoms with E-state index in [4.69, 9.17) is 0 Å². The average Bonchev–Trinajstić information content (AvgIpc) is 2.60. The fourth-order valence-electron chi connectivity index (χ4n) is 1.48. The van der Waals surface area contributed by atoms with Crippen LogP contribution in [0.3, 0.4) is 0 Å². The summed E-state index contributed by atoms with van der Waals surface area (Å²) in [5.74, 6) is 0.301. The minimum atomic E-state index is -0.0451. The van der Waals surface area contributed by atoms with Gasteiger partial charge >= 0.3 is 0 Å². The van der Waals surface area contributed by atoms with Crippen molar-refractivity contribution in [3.8, 4) is 0 Å². The highest BCUT2D eigenvalue weighted by atomic mass is 16.2. The molecule has 0 aliphatic rings. The second-order valence-electron chi connectivity index (χ2n) is 4.55. The number of hydrogen-bond acceptors (Lipinski definition) is 2. The first-order valence-electron chi connectivity index (χ1n) is 5.84. The van der Waals surface area contributed by atoms with Crippen molar-refractivity contribution in [3.05, 3.63) is 17.5 Å². The first-order valence-corrected chi connectivity index (χ1v) is 5.84. The molecule has 0 aliphatic heterocycles. The second kappa shape index (κ2) is 5.14. The summed E-state index contributed by atoms with van der Waals surface area (Å²) in [6.07, 6.45) is 0. The Hall–Kier alpha value is -1.32. The maximum Gasteiger partial charge on any atom is 0.269 e. The smallest absolute Gasteiger partial charge is 0.269 e. The van der Waals surface area contributed by atoms with Crippen LogP contribution in [0.2, 0.25) is 0 Å². The number of hydrogen-bond donors (Lipinski definition) is 1. The van der Waals surface area contributed by atoms with Gasteiger partial charge in [0.15, 0.2) is 0 Å². The number of nitrogens with zero attached hydrogens (tertiary/aromatic N) is 2. The molecule has 16 heavy (non-hydrogen) atoms. The van der Waals surface area contributed by atoms with E-state index in [0.29, 0.717) is 18.2 Å². The zero-order valence-electron chi connectivity index (χ0n) is 10.7. The van der Waals surface area contributed by atoms with Gasteiger partial charge in [-0.3, -0.25) is 9.48 Å². The van der Waals surface area contributed by atoms with E-state index in [1.54, 1.807) is 4.68 Å². The predicted molar refractivity (Wildman–Crippen MR) is 64.6 cm³/mol. The van der Waals surface area contributed by atoms with Crippen molar-refractivity contribution in [1.29, 1.82) is 0 Å². The highest BCUT2D eigenvalue weighted by Crippen LogP contribution is 2.14. The Morgan fingerprint density at radius 3 is 2.50 bits per heavy atom. The van der Waals surface area contributed by atoms with E-state index in [1.165, 1.54) is 0 Å². The topological polar surface area (TPSA) is 46.9 Å². The molecule has 4 nitrogen and oxygen atoms in total. The third-order valence-electron chi connectivity index (χ3n) is 2.34. The zero-order chi connectivity index (χ0) is 12.3. The van der Waals surface area contributed by atoms with Crippen LogP contribution in [0.5, 0.6) is 0 Å². The zero-order valence-corrected chi connectivity index (χ0v) is 10.7. The summed E-state index contributed by atoms with van der Waals surface area (Å²) in [5, 5.41) is 7.30. The molecule has 1 N–H and O–H groups in total. The van der Waals surface area contributed by atoms with Gasteiger partial charge in [-0.2, -0.15) is 5.10 Å². The molecule has 0 unspecified atom stereocenters. The van der Waals surface area contributed by atoms with Crippen molar-refractivity contribution in [2.24, 2.45) is 0 Å². The van der Waals surface area contributed by atoms with Crippen LogP contribution in [0.4, 0.5) is 0 Å². The molecular formula is C12H21N3O. The summed E-state index contributed by atoms with van der Waals surface area (Å²) < 4.78 is 1.76. The van der Waals surface area contributed by atoms with Gasteiger partial charge in [0.1, 0.15) is 5.69 Å². The molecular weight excluding hydrogens is 202 g/mol. The fraction of sp³-hybridized carbons (Fsp3) is 0.667. The van der Waals surface area contributed by atoms with Crippen molar-refractivity contribution >= 4 is 5.91 Å². The van der Waals surface area contributed by atoms with Crippen molar-refractivity contribution in [1.82, 2.24) is 15.1 Å². The summed E-state index contributed by atoms with van der Waals surface area (Å²) >= 11 is 0. The Bertz CT molecular complexity index is 366. The summed E-state index contributed by atoms with van der Waals surface area (Å²) in [4.78, 5) is 11.9. The van der Waals surface area contributed by atoms with Crippen molar-refractivity contribution in [2.75, 3.05) is 0 Å². The van der Waals surface area contributed by atoms with Crippen molar-refractivity contribution in [2.45, 2.75) is 53.1 Å². The van der Waals surface area contributed by atoms with Gasteiger partial charge in [-0.15, -0.1) is 0 Å². The van der Waals surface area contributed by atoms with Gasteiger partial charge in [0.05, 0.1) is 5.69 Å². The van der Waals surface area contributed by atoms with Gasteiger partial charge in [0, 0.05) is 12.6 Å². The van der Waals surface area contributed by atoms with Gasteiger partial charge in [-0.1, -0.05) is 13.8 Å². The van der Waals surface area contributed by atoms with Gasteiger partial charge in [-0.05, 0) is 32.8 Å². The SMILES string of the molecule is CCn1nc(C(C)C)cc1C(=O)NC(C)C. The average molecular weight is 223 g/mol. The molecule has 0 aliphatic carbocycles. The Morgan fingerprint density at radius 2 is 2.06 bits per heavy atom. The molecule has 0 saturated heterocycles. The van der Waals surface area contributed by atoms with E-state index < -0.39 is 0 Å². The molecule has 0 radical (unpaired) electrons. The maximum absolute atomic E-state index is 11.9. The fourth-order valence-corrected chi connectivity index (χ4v) is 1.48. The van der Waals surface area contributed by atoms with Gasteiger partial charge in [0.25, 0.3) is 5.91 Å². The molecule has 0 saturated carbocycles. The van der Waals surface area contributed by atoms with Crippen LogP contribution in [-0.4, -0.2) is 21.7 Å². The molecule has 0 aromatic carbocycles. The third-order valence-corrected chi connectivity index (χ3v) is 2.34. The minimum Gasteiger partial charge on any atom is -0.349 e. The molecule has 0 fully saturated rings. The largest absolute Gasteiger partial charge is 0.349 e. The lowest BCUT2D eigenvalue weighted by atomic mass is 10.1. The molecule has 0 bridgehead atoms. The number of amides is 1. The summed E-state index contributed by atoms with van der Waals surface area (Å²) in [5.41, 5.74) is 1.62. The molecule has 90 valence electrons. The van der Waals surface area contributed by atoms with E-state index in [0.717, 1.165) is 5.69 Å². The number of aromatic nitrogens is 2. The highest BCUT2D eigenvalue weighted by Gasteiger charge is 2.16. The van der Waals surface area contributed by atoms with E-state index in [9.17, 15) is 4.79 Å². The Balaban J connectivity index is 2.97. The van der Waals surface area contributed by atoms with E-state index in [2.05, 4.69) is 24.3 Å². The van der Waals surface area contributed by atoms with Crippen LogP contribution in [0.1, 0.15) is 56.7 Å². The van der Waals surface area contributed by atoms with Gasteiger partial charge in [0.2, 0.25) is 0 Å². The molecule has 4 heteroatoms. The highest BCUT2D eigenvalue weighted by molar-refractivity contribution is 5.92. The Morgan fingerprint density at radius 1 is 1.44 bits per heavy atom. The summed E-state index contributed by atoms with van der Waals surface area (Å²) in [6, 6.07) is 2.03. The van der Waals surface area contributed by atoms with Crippen LogP contribution in [0.15, 0.2) is 6.07 Å². The van der Waals surface area contributed by atoms with E-state index in [-0.39, 0.29) is 11.9 Å². The number of rotatable bonds is 4. The third kappa shape index (κ3) is 2.84. The first kappa shape index (κ1) is 12.7. The number of carbonyl (C=O) groups is 1. The molecule has 1 amide bonds. The Labute approximate surface area is 97.0 Å². The van der Waals surface area contributed by atoms with Crippen LogP contribution in [-0.2, 0) is 6.54 Å². The molecule has 0 atom stereocenters.